The number of amides is 1. The number of aromatic nitrogens is 1. The molecule has 1 aromatic heterocycles. The van der Waals surface area contributed by atoms with Crippen LogP contribution in [0.4, 0.5) is 5.82 Å². The van der Waals surface area contributed by atoms with E-state index in [4.69, 9.17) is 0 Å². The number of carbonyl (C=O) groups excluding carboxylic acids is 1. The maximum absolute atomic E-state index is 11.5. The average Bonchev–Trinajstić information content (AvgIpc) is 2.80. The number of rotatable bonds is 3. The standard InChI is InChI=1S/C12H16BrN3O/c1-2-12(17)16-6-5-10(8-16)15-11-4-3-9(13)7-14-11/h3-4,7,10H,2,5-6,8H2,1H3,(H,14,15)/t10-/m1/s1. The molecule has 0 radical (unpaired) electrons. The minimum Gasteiger partial charge on any atom is -0.365 e. The molecular weight excluding hydrogens is 282 g/mol. The van der Waals surface area contributed by atoms with E-state index >= 15 is 0 Å². The molecule has 1 aliphatic rings. The van der Waals surface area contributed by atoms with Crippen molar-refractivity contribution in [2.75, 3.05) is 18.4 Å². The number of carbonyl (C=O) groups is 1. The Morgan fingerprint density at radius 1 is 1.65 bits per heavy atom. The van der Waals surface area contributed by atoms with Crippen LogP contribution in [0.2, 0.25) is 0 Å². The first-order valence-corrected chi connectivity index (χ1v) is 6.64. The lowest BCUT2D eigenvalue weighted by atomic mass is 10.2. The highest BCUT2D eigenvalue weighted by Crippen LogP contribution is 2.16. The molecule has 17 heavy (non-hydrogen) atoms. The van der Waals surface area contributed by atoms with E-state index in [9.17, 15) is 4.79 Å². The van der Waals surface area contributed by atoms with Crippen LogP contribution >= 0.6 is 15.9 Å². The third-order valence-corrected chi connectivity index (χ3v) is 3.39. The van der Waals surface area contributed by atoms with Crippen LogP contribution in [0.1, 0.15) is 19.8 Å². The van der Waals surface area contributed by atoms with Gasteiger partial charge in [-0.05, 0) is 34.5 Å². The maximum Gasteiger partial charge on any atom is 0.222 e. The summed E-state index contributed by atoms with van der Waals surface area (Å²) >= 11 is 3.35. The van der Waals surface area contributed by atoms with Gasteiger partial charge in [0.1, 0.15) is 5.82 Å². The number of halogens is 1. The molecule has 0 spiro atoms. The Labute approximate surface area is 110 Å². The molecule has 2 heterocycles. The Balaban J connectivity index is 1.89. The fraction of sp³-hybridized carbons (Fsp3) is 0.500. The van der Waals surface area contributed by atoms with Crippen molar-refractivity contribution >= 4 is 27.7 Å². The molecule has 1 aliphatic heterocycles. The summed E-state index contributed by atoms with van der Waals surface area (Å²) in [5, 5.41) is 3.35. The fourth-order valence-electron chi connectivity index (χ4n) is 2.00. The Kier molecular flexibility index (Phi) is 3.99. The van der Waals surface area contributed by atoms with Crippen molar-refractivity contribution in [1.29, 1.82) is 0 Å². The van der Waals surface area contributed by atoms with E-state index in [1.165, 1.54) is 0 Å². The third-order valence-electron chi connectivity index (χ3n) is 2.92. The Morgan fingerprint density at radius 3 is 3.12 bits per heavy atom. The van der Waals surface area contributed by atoms with Crippen molar-refractivity contribution in [2.45, 2.75) is 25.8 Å². The van der Waals surface area contributed by atoms with Crippen LogP contribution in [0.3, 0.4) is 0 Å². The first kappa shape index (κ1) is 12.4. The van der Waals surface area contributed by atoms with Crippen molar-refractivity contribution < 1.29 is 4.79 Å². The maximum atomic E-state index is 11.5. The molecule has 1 atom stereocenters. The van der Waals surface area contributed by atoms with E-state index in [1.54, 1.807) is 6.20 Å². The SMILES string of the molecule is CCC(=O)N1CC[C@@H](Nc2ccc(Br)cn2)C1. The van der Waals surface area contributed by atoms with Gasteiger partial charge in [-0.1, -0.05) is 6.92 Å². The van der Waals surface area contributed by atoms with Crippen molar-refractivity contribution in [3.8, 4) is 0 Å². The Bertz CT molecular complexity index is 393. The van der Waals surface area contributed by atoms with Gasteiger partial charge in [0.25, 0.3) is 0 Å². The van der Waals surface area contributed by atoms with Gasteiger partial charge in [0, 0.05) is 36.2 Å². The number of nitrogens with one attached hydrogen (secondary N) is 1. The van der Waals surface area contributed by atoms with Crippen molar-refractivity contribution in [3.05, 3.63) is 22.8 Å². The molecule has 1 saturated heterocycles. The van der Waals surface area contributed by atoms with Crippen LogP contribution in [0.25, 0.3) is 0 Å². The molecule has 1 aromatic rings. The molecule has 0 saturated carbocycles. The van der Waals surface area contributed by atoms with Gasteiger partial charge in [0.2, 0.25) is 5.91 Å². The summed E-state index contributed by atoms with van der Waals surface area (Å²) in [7, 11) is 0. The van der Waals surface area contributed by atoms with E-state index in [2.05, 4.69) is 26.2 Å². The molecule has 1 amide bonds. The summed E-state index contributed by atoms with van der Waals surface area (Å²) in [6, 6.07) is 4.22. The summed E-state index contributed by atoms with van der Waals surface area (Å²) < 4.78 is 0.970. The summed E-state index contributed by atoms with van der Waals surface area (Å²) in [5.41, 5.74) is 0. The predicted molar refractivity (Wildman–Crippen MR) is 70.8 cm³/mol. The summed E-state index contributed by atoms with van der Waals surface area (Å²) in [4.78, 5) is 17.7. The zero-order valence-corrected chi connectivity index (χ0v) is 11.4. The summed E-state index contributed by atoms with van der Waals surface area (Å²) in [6.45, 7) is 3.53. The second-order valence-electron chi connectivity index (χ2n) is 4.18. The smallest absolute Gasteiger partial charge is 0.222 e. The van der Waals surface area contributed by atoms with Gasteiger partial charge in [0.05, 0.1) is 0 Å². The van der Waals surface area contributed by atoms with Gasteiger partial charge in [0.15, 0.2) is 0 Å². The zero-order chi connectivity index (χ0) is 12.3. The minimum atomic E-state index is 0.234. The number of nitrogens with zero attached hydrogens (tertiary/aromatic N) is 2. The van der Waals surface area contributed by atoms with Gasteiger partial charge < -0.3 is 10.2 Å². The highest BCUT2D eigenvalue weighted by Gasteiger charge is 2.25. The lowest BCUT2D eigenvalue weighted by Gasteiger charge is -2.16. The number of hydrogen-bond donors (Lipinski definition) is 1. The first-order valence-electron chi connectivity index (χ1n) is 5.85. The molecule has 5 heteroatoms. The molecule has 92 valence electrons. The molecule has 2 rings (SSSR count). The normalized spacial score (nSPS) is 19.4. The monoisotopic (exact) mass is 297 g/mol. The zero-order valence-electron chi connectivity index (χ0n) is 9.82. The molecule has 0 aromatic carbocycles. The molecule has 1 N–H and O–H groups in total. The lowest BCUT2D eigenvalue weighted by Crippen LogP contribution is -2.31. The minimum absolute atomic E-state index is 0.234. The van der Waals surface area contributed by atoms with Crippen LogP contribution in [0.15, 0.2) is 22.8 Å². The van der Waals surface area contributed by atoms with E-state index in [0.29, 0.717) is 12.5 Å². The average molecular weight is 298 g/mol. The molecule has 0 unspecified atom stereocenters. The molecular formula is C12H16BrN3O. The summed E-state index contributed by atoms with van der Waals surface area (Å²) in [6.07, 6.45) is 3.35. The number of anilines is 1. The fourth-order valence-corrected chi connectivity index (χ4v) is 2.23. The van der Waals surface area contributed by atoms with Crippen molar-refractivity contribution in [2.24, 2.45) is 0 Å². The Hall–Kier alpha value is -1.10. The predicted octanol–water partition coefficient (Wildman–Crippen LogP) is 2.27. The summed E-state index contributed by atoms with van der Waals surface area (Å²) in [5.74, 6) is 1.10. The Morgan fingerprint density at radius 2 is 2.47 bits per heavy atom. The second-order valence-corrected chi connectivity index (χ2v) is 5.10. The molecule has 0 bridgehead atoms. The van der Waals surface area contributed by atoms with Gasteiger partial charge in [-0.25, -0.2) is 4.98 Å². The lowest BCUT2D eigenvalue weighted by molar-refractivity contribution is -0.129. The largest absolute Gasteiger partial charge is 0.365 e. The van der Waals surface area contributed by atoms with Gasteiger partial charge in [-0.3, -0.25) is 4.79 Å². The molecule has 4 nitrogen and oxygen atoms in total. The number of likely N-dealkylation sites (tertiary alicyclic amines) is 1. The van der Waals surface area contributed by atoms with Crippen LogP contribution in [-0.4, -0.2) is 34.9 Å². The van der Waals surface area contributed by atoms with E-state index in [-0.39, 0.29) is 5.91 Å². The molecule has 0 aliphatic carbocycles. The van der Waals surface area contributed by atoms with Gasteiger partial charge >= 0.3 is 0 Å². The topological polar surface area (TPSA) is 45.2 Å². The number of pyridine rings is 1. The van der Waals surface area contributed by atoms with Crippen LogP contribution < -0.4 is 5.32 Å². The van der Waals surface area contributed by atoms with Crippen molar-refractivity contribution in [3.63, 3.8) is 0 Å². The van der Waals surface area contributed by atoms with Crippen LogP contribution in [0.5, 0.6) is 0 Å². The molecule has 1 fully saturated rings. The highest BCUT2D eigenvalue weighted by molar-refractivity contribution is 9.10. The van der Waals surface area contributed by atoms with Crippen LogP contribution in [0, 0.1) is 0 Å². The van der Waals surface area contributed by atoms with E-state index in [0.717, 1.165) is 29.8 Å². The highest BCUT2D eigenvalue weighted by atomic mass is 79.9. The van der Waals surface area contributed by atoms with E-state index < -0.39 is 0 Å². The second kappa shape index (κ2) is 5.49. The quantitative estimate of drug-likeness (QED) is 0.931. The van der Waals surface area contributed by atoms with Gasteiger partial charge in [-0.2, -0.15) is 0 Å². The third kappa shape index (κ3) is 3.19. The first-order chi connectivity index (χ1) is 8.19. The number of hydrogen-bond acceptors (Lipinski definition) is 3. The van der Waals surface area contributed by atoms with Crippen molar-refractivity contribution in [1.82, 2.24) is 9.88 Å². The van der Waals surface area contributed by atoms with E-state index in [1.807, 2.05) is 24.0 Å². The van der Waals surface area contributed by atoms with Crippen LogP contribution in [-0.2, 0) is 4.79 Å². The van der Waals surface area contributed by atoms with Gasteiger partial charge in [-0.15, -0.1) is 0 Å².